The molecule has 4 rings (SSSR count). The summed E-state index contributed by atoms with van der Waals surface area (Å²) in [7, 11) is -3.25. The van der Waals surface area contributed by atoms with Crippen molar-refractivity contribution in [2.75, 3.05) is 17.6 Å². The molecular weight excluding hydrogens is 414 g/mol. The van der Waals surface area contributed by atoms with Crippen LogP contribution < -0.4 is 10.6 Å². The molecule has 1 aliphatic rings. The first-order valence-electron chi connectivity index (χ1n) is 10.5. The lowest BCUT2D eigenvalue weighted by Gasteiger charge is -2.26. The second-order valence-electron chi connectivity index (χ2n) is 8.18. The summed E-state index contributed by atoms with van der Waals surface area (Å²) < 4.78 is 25.2. The van der Waals surface area contributed by atoms with E-state index in [1.807, 2.05) is 19.1 Å². The van der Waals surface area contributed by atoms with Crippen LogP contribution in [0.2, 0.25) is 0 Å². The summed E-state index contributed by atoms with van der Waals surface area (Å²) in [6.45, 7) is 6.53. The molecule has 1 aliphatic heterocycles. The molecule has 8 nitrogen and oxygen atoms in total. The number of hydrogen-bond donors (Lipinski definition) is 3. The Morgan fingerprint density at radius 3 is 2.77 bits per heavy atom. The molecule has 1 amide bonds. The highest BCUT2D eigenvalue weighted by Crippen LogP contribution is 2.33. The molecule has 1 atom stereocenters. The van der Waals surface area contributed by atoms with Crippen LogP contribution in [0.25, 0.3) is 11.0 Å². The highest BCUT2D eigenvalue weighted by atomic mass is 32.2. The quantitative estimate of drug-likeness (QED) is 0.541. The van der Waals surface area contributed by atoms with E-state index >= 15 is 0 Å². The zero-order valence-corrected chi connectivity index (χ0v) is 18.7. The summed E-state index contributed by atoms with van der Waals surface area (Å²) in [5.74, 6) is 0.751. The number of fused-ring (bicyclic) bond motifs is 2. The number of amides is 1. The number of nitrogens with one attached hydrogen (secondary N) is 3. The van der Waals surface area contributed by atoms with E-state index in [0.717, 1.165) is 17.5 Å². The number of nitrogens with zero attached hydrogens (tertiary/aromatic N) is 2. The van der Waals surface area contributed by atoms with Crippen molar-refractivity contribution in [3.63, 3.8) is 0 Å². The maximum atomic E-state index is 12.6. The van der Waals surface area contributed by atoms with Crippen molar-refractivity contribution in [2.45, 2.75) is 44.6 Å². The molecule has 0 fully saturated rings. The average molecular weight is 442 g/mol. The van der Waals surface area contributed by atoms with E-state index in [9.17, 15) is 13.2 Å². The molecule has 0 radical (unpaired) electrons. The Labute approximate surface area is 181 Å². The first kappa shape index (κ1) is 21.3. The average Bonchev–Trinajstić information content (AvgIpc) is 3.17. The first-order chi connectivity index (χ1) is 14.8. The molecule has 3 aromatic rings. The molecule has 2 aromatic heterocycles. The highest BCUT2D eigenvalue weighted by Gasteiger charge is 2.26. The number of aryl methyl sites for hydroxylation is 1. The number of aromatic amines is 1. The molecule has 31 heavy (non-hydrogen) atoms. The molecule has 9 heteroatoms. The van der Waals surface area contributed by atoms with Crippen LogP contribution in [0, 0.1) is 5.92 Å². The van der Waals surface area contributed by atoms with E-state index in [2.05, 4.69) is 39.4 Å². The molecule has 3 N–H and O–H groups in total. The summed E-state index contributed by atoms with van der Waals surface area (Å²) in [6.07, 6.45) is 2.89. The Bertz CT molecular complexity index is 1230. The molecule has 0 bridgehead atoms. The minimum absolute atomic E-state index is 0.163. The smallest absolute Gasteiger partial charge is 0.267 e. The largest absolute Gasteiger partial charge is 0.362 e. The number of carbonyl (C=O) groups is 1. The molecule has 0 unspecified atom stereocenters. The SMILES string of the molecule is CCNC(=O)c1cc2c(N[C@@H](c3ccc4c(c3)S(=O)(=O)CCC4)C(C)C)ncnc2[nH]1. The number of rotatable bonds is 6. The Balaban J connectivity index is 1.72. The number of aromatic nitrogens is 3. The molecule has 1 aromatic carbocycles. The molecule has 0 saturated carbocycles. The Hall–Kier alpha value is -2.94. The van der Waals surface area contributed by atoms with Gasteiger partial charge in [-0.3, -0.25) is 4.79 Å². The Morgan fingerprint density at radius 1 is 1.23 bits per heavy atom. The summed E-state index contributed by atoms with van der Waals surface area (Å²) in [5, 5.41) is 6.93. The predicted octanol–water partition coefficient (Wildman–Crippen LogP) is 3.24. The van der Waals surface area contributed by atoms with Gasteiger partial charge in [0.25, 0.3) is 5.91 Å². The lowest BCUT2D eigenvalue weighted by molar-refractivity contribution is 0.0951. The fourth-order valence-electron chi connectivity index (χ4n) is 4.04. The van der Waals surface area contributed by atoms with Crippen molar-refractivity contribution in [3.05, 3.63) is 47.4 Å². The first-order valence-corrected chi connectivity index (χ1v) is 12.2. The lowest BCUT2D eigenvalue weighted by Crippen LogP contribution is -2.22. The third kappa shape index (κ3) is 4.14. The normalized spacial score (nSPS) is 16.1. The summed E-state index contributed by atoms with van der Waals surface area (Å²) >= 11 is 0. The van der Waals surface area contributed by atoms with Gasteiger partial charge in [-0.25, -0.2) is 18.4 Å². The highest BCUT2D eigenvalue weighted by molar-refractivity contribution is 7.91. The van der Waals surface area contributed by atoms with Crippen molar-refractivity contribution in [1.82, 2.24) is 20.3 Å². The fourth-order valence-corrected chi connectivity index (χ4v) is 5.67. The van der Waals surface area contributed by atoms with Crippen LogP contribution >= 0.6 is 0 Å². The lowest BCUT2D eigenvalue weighted by atomic mass is 9.94. The van der Waals surface area contributed by atoms with Gasteiger partial charge < -0.3 is 15.6 Å². The predicted molar refractivity (Wildman–Crippen MR) is 120 cm³/mol. The van der Waals surface area contributed by atoms with Crippen LogP contribution in [0.5, 0.6) is 0 Å². The second kappa shape index (κ2) is 8.30. The number of anilines is 1. The monoisotopic (exact) mass is 441 g/mol. The van der Waals surface area contributed by atoms with Crippen LogP contribution in [-0.4, -0.2) is 41.6 Å². The van der Waals surface area contributed by atoms with E-state index in [4.69, 9.17) is 0 Å². The third-order valence-corrected chi connectivity index (χ3v) is 7.49. The van der Waals surface area contributed by atoms with Gasteiger partial charge in [0.2, 0.25) is 0 Å². The second-order valence-corrected chi connectivity index (χ2v) is 10.3. The molecule has 0 aliphatic carbocycles. The van der Waals surface area contributed by atoms with Gasteiger partial charge in [-0.2, -0.15) is 0 Å². The van der Waals surface area contributed by atoms with Gasteiger partial charge in [0.15, 0.2) is 9.84 Å². The molecule has 0 saturated heterocycles. The van der Waals surface area contributed by atoms with Crippen molar-refractivity contribution < 1.29 is 13.2 Å². The van der Waals surface area contributed by atoms with Crippen LogP contribution in [0.1, 0.15) is 54.8 Å². The van der Waals surface area contributed by atoms with Gasteiger partial charge in [0.1, 0.15) is 23.5 Å². The molecule has 164 valence electrons. The fraction of sp³-hybridized carbons (Fsp3) is 0.409. The van der Waals surface area contributed by atoms with Crippen LogP contribution in [0.3, 0.4) is 0 Å². The molecule has 3 heterocycles. The number of H-pyrrole nitrogens is 1. The zero-order chi connectivity index (χ0) is 22.2. The van der Waals surface area contributed by atoms with Gasteiger partial charge >= 0.3 is 0 Å². The topological polar surface area (TPSA) is 117 Å². The van der Waals surface area contributed by atoms with Crippen LogP contribution in [0.15, 0.2) is 35.5 Å². The van der Waals surface area contributed by atoms with Gasteiger partial charge in [0.05, 0.1) is 22.1 Å². The van der Waals surface area contributed by atoms with E-state index in [-0.39, 0.29) is 23.6 Å². The number of benzene rings is 1. The molecular formula is C22H27N5O3S. The number of hydrogen-bond acceptors (Lipinski definition) is 6. The zero-order valence-electron chi connectivity index (χ0n) is 17.9. The summed E-state index contributed by atoms with van der Waals surface area (Å²) in [5.41, 5.74) is 2.76. The minimum atomic E-state index is -3.25. The van der Waals surface area contributed by atoms with E-state index in [1.165, 1.54) is 6.33 Å². The van der Waals surface area contributed by atoms with E-state index in [0.29, 0.717) is 40.4 Å². The number of sulfone groups is 1. The number of carbonyl (C=O) groups excluding carboxylic acids is 1. The van der Waals surface area contributed by atoms with Crippen molar-refractivity contribution in [3.8, 4) is 0 Å². The van der Waals surface area contributed by atoms with Gasteiger partial charge in [-0.1, -0.05) is 26.0 Å². The van der Waals surface area contributed by atoms with Crippen molar-refractivity contribution in [1.29, 1.82) is 0 Å². The summed E-state index contributed by atoms with van der Waals surface area (Å²) in [4.78, 5) is 24.3. The third-order valence-electron chi connectivity index (χ3n) is 5.61. The van der Waals surface area contributed by atoms with Gasteiger partial charge in [-0.05, 0) is 48.9 Å². The maximum Gasteiger partial charge on any atom is 0.267 e. The maximum absolute atomic E-state index is 12.6. The van der Waals surface area contributed by atoms with Gasteiger partial charge in [0, 0.05) is 6.54 Å². The van der Waals surface area contributed by atoms with E-state index in [1.54, 1.807) is 12.1 Å². The van der Waals surface area contributed by atoms with Crippen molar-refractivity contribution >= 4 is 32.6 Å². The van der Waals surface area contributed by atoms with Gasteiger partial charge in [-0.15, -0.1) is 0 Å². The standard InChI is InChI=1S/C22H27N5O3S/c1-4-23-22(28)17-11-16-20(26-17)24-12-25-21(16)27-19(13(2)3)15-8-7-14-6-5-9-31(29,30)18(14)10-15/h7-8,10-13,19H,4-6,9H2,1-3H3,(H,23,28)(H2,24,25,26,27)/t19-/m1/s1. The minimum Gasteiger partial charge on any atom is -0.362 e. The van der Waals surface area contributed by atoms with Crippen LogP contribution in [0.4, 0.5) is 5.82 Å². The van der Waals surface area contributed by atoms with Crippen LogP contribution in [-0.2, 0) is 16.3 Å². The van der Waals surface area contributed by atoms with E-state index < -0.39 is 9.84 Å². The van der Waals surface area contributed by atoms with Crippen molar-refractivity contribution in [2.24, 2.45) is 5.92 Å². The Kier molecular flexibility index (Phi) is 5.70. The molecule has 0 spiro atoms. The summed E-state index contributed by atoms with van der Waals surface area (Å²) in [6, 6.07) is 7.29. The Morgan fingerprint density at radius 2 is 2.03 bits per heavy atom.